The Morgan fingerprint density at radius 3 is 1.33 bits per heavy atom. The van der Waals surface area contributed by atoms with E-state index in [2.05, 4.69) is 6.92 Å². The standard InChI is InChI=1S/C6H6.C4H9.ClH.Zn/c1-2-4-6-5-3-1;1-3-4-2;;/h1-6H;1,3-4H2,2H3;1H;/q;;;+1/p-1. The molecule has 0 amide bonds. The summed E-state index contributed by atoms with van der Waals surface area (Å²) >= 11 is 1.48. The van der Waals surface area contributed by atoms with Crippen LogP contribution in [0.25, 0.3) is 0 Å². The fourth-order valence-corrected chi connectivity index (χ4v) is 1.68. The Bertz CT molecular complexity index is 113. The minimum absolute atomic E-state index is 0. The topological polar surface area (TPSA) is 0 Å². The zero-order valence-electron chi connectivity index (χ0n) is 7.67. The van der Waals surface area contributed by atoms with Crippen LogP contribution < -0.4 is 12.4 Å². The van der Waals surface area contributed by atoms with Gasteiger partial charge in [-0.25, -0.2) is 0 Å². The van der Waals surface area contributed by atoms with Crippen molar-refractivity contribution in [2.24, 2.45) is 0 Å². The van der Waals surface area contributed by atoms with E-state index in [4.69, 9.17) is 0 Å². The molecule has 0 spiro atoms. The maximum atomic E-state index is 2.23. The molecule has 0 aromatic heterocycles. The summed E-state index contributed by atoms with van der Waals surface area (Å²) in [5.41, 5.74) is 0. The summed E-state index contributed by atoms with van der Waals surface area (Å²) in [6.45, 7) is 2.23. The van der Waals surface area contributed by atoms with Crippen LogP contribution in [0.4, 0.5) is 0 Å². The Morgan fingerprint density at radius 1 is 0.917 bits per heavy atom. The van der Waals surface area contributed by atoms with Crippen molar-refractivity contribution in [2.45, 2.75) is 24.8 Å². The second-order valence-electron chi connectivity index (χ2n) is 2.36. The molecule has 0 unspecified atom stereocenters. The van der Waals surface area contributed by atoms with Crippen LogP contribution in [-0.4, -0.2) is 0 Å². The van der Waals surface area contributed by atoms with Gasteiger partial charge in [-0.1, -0.05) is 36.4 Å². The van der Waals surface area contributed by atoms with E-state index < -0.39 is 0 Å². The van der Waals surface area contributed by atoms with Crippen LogP contribution in [0.2, 0.25) is 5.02 Å². The van der Waals surface area contributed by atoms with Crippen molar-refractivity contribution < 1.29 is 30.7 Å². The summed E-state index contributed by atoms with van der Waals surface area (Å²) in [5, 5.41) is 1.47. The third kappa shape index (κ3) is 12.8. The van der Waals surface area contributed by atoms with Gasteiger partial charge in [0.1, 0.15) is 0 Å². The molecule has 0 heterocycles. The monoisotopic (exact) mass is 234 g/mol. The largest absolute Gasteiger partial charge is 1.00 e. The molecule has 0 aliphatic heterocycles. The first kappa shape index (κ1) is 14.6. The smallest absolute Gasteiger partial charge is 0.0623 e. The number of halogens is 1. The van der Waals surface area contributed by atoms with Crippen LogP contribution in [0.15, 0.2) is 36.4 Å². The zero-order chi connectivity index (χ0) is 8.36. The Morgan fingerprint density at radius 2 is 1.25 bits per heavy atom. The third-order valence-corrected chi connectivity index (χ3v) is 2.32. The van der Waals surface area contributed by atoms with E-state index >= 15 is 0 Å². The summed E-state index contributed by atoms with van der Waals surface area (Å²) in [6, 6.07) is 12.0. The van der Waals surface area contributed by atoms with Crippen LogP contribution in [0.1, 0.15) is 19.8 Å². The summed E-state index contributed by atoms with van der Waals surface area (Å²) in [6.07, 6.45) is 2.82. The van der Waals surface area contributed by atoms with Crippen LogP contribution in [-0.2, 0) is 18.3 Å². The zero-order valence-corrected chi connectivity index (χ0v) is 11.4. The quantitative estimate of drug-likeness (QED) is 0.654. The fourth-order valence-electron chi connectivity index (χ4n) is 0.635. The maximum absolute atomic E-state index is 2.23. The number of unbranched alkanes of at least 4 members (excludes halogenated alkanes) is 1. The van der Waals surface area contributed by atoms with Crippen LogP contribution >= 0.6 is 0 Å². The van der Waals surface area contributed by atoms with Crippen molar-refractivity contribution >= 4 is 0 Å². The van der Waals surface area contributed by atoms with Gasteiger partial charge in [0, 0.05) is 0 Å². The van der Waals surface area contributed by atoms with Crippen molar-refractivity contribution in [3.05, 3.63) is 36.4 Å². The molecule has 1 aromatic rings. The maximum Gasteiger partial charge on any atom is -0.0623 e. The van der Waals surface area contributed by atoms with E-state index in [9.17, 15) is 0 Å². The van der Waals surface area contributed by atoms with Gasteiger partial charge in [-0.3, -0.25) is 0 Å². The first-order valence-electron chi connectivity index (χ1n) is 4.21. The van der Waals surface area contributed by atoms with Gasteiger partial charge in [0.25, 0.3) is 0 Å². The SMILES string of the molecule is CCC[CH2][Zn+].[Cl-].c1ccccc1. The molecule has 0 nitrogen and oxygen atoms in total. The van der Waals surface area contributed by atoms with Crippen molar-refractivity contribution in [3.8, 4) is 0 Å². The van der Waals surface area contributed by atoms with E-state index in [0.29, 0.717) is 0 Å². The van der Waals surface area contributed by atoms with Gasteiger partial charge in [-0.05, 0) is 0 Å². The molecule has 64 valence electrons. The van der Waals surface area contributed by atoms with Gasteiger partial charge in [0.05, 0.1) is 0 Å². The molecule has 12 heavy (non-hydrogen) atoms. The molecular weight excluding hydrogens is 221 g/mol. The molecule has 1 aromatic carbocycles. The van der Waals surface area contributed by atoms with Gasteiger partial charge >= 0.3 is 43.1 Å². The molecule has 0 fully saturated rings. The van der Waals surface area contributed by atoms with E-state index in [0.717, 1.165) is 0 Å². The van der Waals surface area contributed by atoms with Crippen LogP contribution in [0.3, 0.4) is 0 Å². The first-order chi connectivity index (χ1) is 5.41. The first-order valence-corrected chi connectivity index (χ1v) is 6.31. The van der Waals surface area contributed by atoms with E-state index in [-0.39, 0.29) is 12.4 Å². The van der Waals surface area contributed by atoms with E-state index in [1.807, 2.05) is 36.4 Å². The van der Waals surface area contributed by atoms with Crippen molar-refractivity contribution in [1.29, 1.82) is 0 Å². The summed E-state index contributed by atoms with van der Waals surface area (Å²) < 4.78 is 0. The Kier molecular flexibility index (Phi) is 16.7. The van der Waals surface area contributed by atoms with Gasteiger partial charge in [0.2, 0.25) is 0 Å². The molecule has 0 aliphatic carbocycles. The summed E-state index contributed by atoms with van der Waals surface area (Å²) in [4.78, 5) is 0. The number of benzene rings is 1. The average Bonchev–Trinajstić information content (AvgIpc) is 2.10. The van der Waals surface area contributed by atoms with Crippen LogP contribution in [0, 0.1) is 0 Å². The Balaban J connectivity index is 0. The van der Waals surface area contributed by atoms with Gasteiger partial charge in [0.15, 0.2) is 0 Å². The number of rotatable bonds is 2. The average molecular weight is 236 g/mol. The normalized spacial score (nSPS) is 7.58. The summed E-state index contributed by atoms with van der Waals surface area (Å²) in [7, 11) is 0. The van der Waals surface area contributed by atoms with Crippen molar-refractivity contribution in [3.63, 3.8) is 0 Å². The van der Waals surface area contributed by atoms with Gasteiger partial charge in [-0.2, -0.15) is 0 Å². The second-order valence-corrected chi connectivity index (χ2v) is 3.85. The molecule has 0 saturated carbocycles. The van der Waals surface area contributed by atoms with E-state index in [1.165, 1.54) is 36.2 Å². The molecular formula is C10H15ClZn. The molecule has 0 radical (unpaired) electrons. The third-order valence-electron chi connectivity index (χ3n) is 1.27. The predicted octanol–water partition coefficient (Wildman–Crippen LogP) is 0.442. The second kappa shape index (κ2) is 13.7. The van der Waals surface area contributed by atoms with Gasteiger partial charge in [-0.15, -0.1) is 0 Å². The minimum Gasteiger partial charge on any atom is -1.00 e. The molecule has 2 heteroatoms. The molecule has 0 atom stereocenters. The molecule has 1 rings (SSSR count). The van der Waals surface area contributed by atoms with E-state index in [1.54, 1.807) is 0 Å². The van der Waals surface area contributed by atoms with Crippen LogP contribution in [0.5, 0.6) is 0 Å². The minimum atomic E-state index is 0. The fraction of sp³-hybridized carbons (Fsp3) is 0.400. The summed E-state index contributed by atoms with van der Waals surface area (Å²) in [5.74, 6) is 0. The van der Waals surface area contributed by atoms with Crippen molar-refractivity contribution in [2.75, 3.05) is 0 Å². The molecule has 0 bridgehead atoms. The molecule has 0 saturated heterocycles. The number of hydrogen-bond acceptors (Lipinski definition) is 0. The van der Waals surface area contributed by atoms with Crippen molar-refractivity contribution in [1.82, 2.24) is 0 Å². The Hall–Kier alpha value is 0.133. The molecule has 0 aliphatic rings. The Labute approximate surface area is 91.8 Å². The molecule has 0 N–H and O–H groups in total. The van der Waals surface area contributed by atoms with Gasteiger partial charge < -0.3 is 12.4 Å². The number of hydrogen-bond donors (Lipinski definition) is 0. The predicted molar refractivity (Wildman–Crippen MR) is 46.2 cm³/mol.